The topological polar surface area (TPSA) is 72.4 Å². The maximum absolute atomic E-state index is 14.0. The first-order valence-electron chi connectivity index (χ1n) is 8.48. The number of halogens is 1. The Hall–Kier alpha value is -2.99. The Morgan fingerprint density at radius 3 is 2.62 bits per heavy atom. The summed E-state index contributed by atoms with van der Waals surface area (Å²) in [6.07, 6.45) is 2.27. The first-order valence-corrected chi connectivity index (χ1v) is 8.48. The van der Waals surface area contributed by atoms with Crippen molar-refractivity contribution < 1.29 is 13.6 Å². The van der Waals surface area contributed by atoms with E-state index in [2.05, 4.69) is 4.98 Å². The molecule has 1 atom stereocenters. The van der Waals surface area contributed by atoms with E-state index >= 15 is 0 Å². The van der Waals surface area contributed by atoms with Crippen LogP contribution < -0.4 is 5.73 Å². The molecule has 1 amide bonds. The van der Waals surface area contributed by atoms with Gasteiger partial charge in [0.15, 0.2) is 5.76 Å². The molecule has 0 radical (unpaired) electrons. The molecule has 0 aliphatic carbocycles. The van der Waals surface area contributed by atoms with E-state index in [0.717, 1.165) is 6.42 Å². The van der Waals surface area contributed by atoms with Crippen LogP contribution in [0.3, 0.4) is 0 Å². The van der Waals surface area contributed by atoms with E-state index in [1.165, 1.54) is 12.3 Å². The van der Waals surface area contributed by atoms with E-state index in [4.69, 9.17) is 10.2 Å². The molecule has 0 unspecified atom stereocenters. The minimum Gasteiger partial charge on any atom is -0.436 e. The van der Waals surface area contributed by atoms with E-state index in [0.29, 0.717) is 35.5 Å². The number of oxazole rings is 1. The first kappa shape index (κ1) is 16.5. The number of likely N-dealkylation sites (tertiary alicyclic amines) is 1. The lowest BCUT2D eigenvalue weighted by Crippen LogP contribution is -2.32. The zero-order valence-corrected chi connectivity index (χ0v) is 14.1. The van der Waals surface area contributed by atoms with E-state index in [9.17, 15) is 9.18 Å². The second-order valence-corrected chi connectivity index (χ2v) is 6.36. The quantitative estimate of drug-likeness (QED) is 0.786. The maximum atomic E-state index is 14.0. The van der Waals surface area contributed by atoms with E-state index in [-0.39, 0.29) is 23.7 Å². The molecule has 0 bridgehead atoms. The summed E-state index contributed by atoms with van der Waals surface area (Å²) in [6, 6.07) is 13.5. The van der Waals surface area contributed by atoms with E-state index in [1.54, 1.807) is 41.3 Å². The van der Waals surface area contributed by atoms with Crippen LogP contribution in [-0.2, 0) is 0 Å². The standard InChI is InChI=1S/C20H18FN3O2/c21-17-8-4-3-7-16(17)18-11-23-19(26-18)14-5-1-2-6-15(14)20(25)24-10-9-13(22)12-24/h1-8,11,13H,9-10,12,22H2/t13-/m0/s1. The molecular weight excluding hydrogens is 333 g/mol. The van der Waals surface area contributed by atoms with Crippen LogP contribution in [0.2, 0.25) is 0 Å². The summed E-state index contributed by atoms with van der Waals surface area (Å²) < 4.78 is 19.7. The number of nitrogens with two attached hydrogens (primary N) is 1. The largest absolute Gasteiger partial charge is 0.436 e. The number of benzene rings is 2. The molecule has 26 heavy (non-hydrogen) atoms. The van der Waals surface area contributed by atoms with Gasteiger partial charge in [-0.15, -0.1) is 0 Å². The van der Waals surface area contributed by atoms with Gasteiger partial charge in [-0.3, -0.25) is 4.79 Å². The van der Waals surface area contributed by atoms with Gasteiger partial charge in [0.1, 0.15) is 5.82 Å². The summed E-state index contributed by atoms with van der Waals surface area (Å²) in [7, 11) is 0. The van der Waals surface area contributed by atoms with Crippen molar-refractivity contribution in [3.8, 4) is 22.8 Å². The smallest absolute Gasteiger partial charge is 0.254 e. The van der Waals surface area contributed by atoms with Crippen LogP contribution in [0.15, 0.2) is 59.1 Å². The average Bonchev–Trinajstić information content (AvgIpc) is 3.31. The highest BCUT2D eigenvalue weighted by molar-refractivity contribution is 6.00. The average molecular weight is 351 g/mol. The van der Waals surface area contributed by atoms with Crippen LogP contribution in [0.4, 0.5) is 4.39 Å². The van der Waals surface area contributed by atoms with Crippen LogP contribution in [-0.4, -0.2) is 34.9 Å². The molecule has 4 rings (SSSR count). The predicted molar refractivity (Wildman–Crippen MR) is 95.8 cm³/mol. The highest BCUT2D eigenvalue weighted by atomic mass is 19.1. The van der Waals surface area contributed by atoms with E-state index in [1.807, 2.05) is 6.07 Å². The van der Waals surface area contributed by atoms with Crippen molar-refractivity contribution in [3.63, 3.8) is 0 Å². The van der Waals surface area contributed by atoms with Crippen molar-refractivity contribution in [2.24, 2.45) is 5.73 Å². The van der Waals surface area contributed by atoms with Gasteiger partial charge < -0.3 is 15.1 Å². The maximum Gasteiger partial charge on any atom is 0.254 e. The molecule has 1 fully saturated rings. The predicted octanol–water partition coefficient (Wildman–Crippen LogP) is 3.32. The second kappa shape index (κ2) is 6.72. The van der Waals surface area contributed by atoms with E-state index < -0.39 is 0 Å². The number of rotatable bonds is 3. The summed E-state index contributed by atoms with van der Waals surface area (Å²) in [5.74, 6) is 0.129. The van der Waals surface area contributed by atoms with Gasteiger partial charge in [-0.1, -0.05) is 24.3 Å². The Kier molecular flexibility index (Phi) is 4.26. The number of carbonyl (C=O) groups excluding carboxylic acids is 1. The third-order valence-corrected chi connectivity index (χ3v) is 4.54. The third kappa shape index (κ3) is 2.99. The molecule has 5 nitrogen and oxygen atoms in total. The fourth-order valence-corrected chi connectivity index (χ4v) is 3.18. The molecule has 1 aliphatic rings. The van der Waals surface area contributed by atoms with Gasteiger partial charge in [0.25, 0.3) is 5.91 Å². The van der Waals surface area contributed by atoms with Crippen LogP contribution in [0.5, 0.6) is 0 Å². The highest BCUT2D eigenvalue weighted by Crippen LogP contribution is 2.30. The van der Waals surface area contributed by atoms with Gasteiger partial charge in [-0.2, -0.15) is 0 Å². The Bertz CT molecular complexity index is 953. The molecule has 0 spiro atoms. The molecule has 1 saturated heterocycles. The molecule has 2 N–H and O–H groups in total. The van der Waals surface area contributed by atoms with Gasteiger partial charge in [0, 0.05) is 24.7 Å². The van der Waals surface area contributed by atoms with Crippen LogP contribution in [0, 0.1) is 5.82 Å². The second-order valence-electron chi connectivity index (χ2n) is 6.36. The molecule has 6 heteroatoms. The fraction of sp³-hybridized carbons (Fsp3) is 0.200. The van der Waals surface area contributed by atoms with Gasteiger partial charge in [0.2, 0.25) is 5.89 Å². The summed E-state index contributed by atoms with van der Waals surface area (Å²) in [5, 5.41) is 0. The molecule has 1 aliphatic heterocycles. The molecule has 1 aromatic heterocycles. The minimum atomic E-state index is -0.384. The molecule has 3 aromatic rings. The highest BCUT2D eigenvalue weighted by Gasteiger charge is 2.27. The SMILES string of the molecule is N[C@H]1CCN(C(=O)c2ccccc2-c2ncc(-c3ccccc3F)o2)C1. The van der Waals surface area contributed by atoms with Gasteiger partial charge >= 0.3 is 0 Å². The third-order valence-electron chi connectivity index (χ3n) is 4.54. The van der Waals surface area contributed by atoms with Crippen molar-refractivity contribution in [3.05, 3.63) is 66.1 Å². The minimum absolute atomic E-state index is 0.0144. The number of hydrogen-bond donors (Lipinski definition) is 1. The molecule has 0 saturated carbocycles. The van der Waals surface area contributed by atoms with Crippen molar-refractivity contribution in [1.82, 2.24) is 9.88 Å². The summed E-state index contributed by atoms with van der Waals surface area (Å²) in [4.78, 5) is 18.9. The zero-order valence-electron chi connectivity index (χ0n) is 14.1. The number of carbonyl (C=O) groups is 1. The summed E-state index contributed by atoms with van der Waals surface area (Å²) in [6.45, 7) is 1.18. The normalized spacial score (nSPS) is 16.8. The van der Waals surface area contributed by atoms with Crippen LogP contribution >= 0.6 is 0 Å². The summed E-state index contributed by atoms with van der Waals surface area (Å²) >= 11 is 0. The number of aromatic nitrogens is 1. The molecule has 132 valence electrons. The Morgan fingerprint density at radius 1 is 1.15 bits per heavy atom. The van der Waals surface area contributed by atoms with Crippen LogP contribution in [0.25, 0.3) is 22.8 Å². The van der Waals surface area contributed by atoms with Crippen molar-refractivity contribution >= 4 is 5.91 Å². The van der Waals surface area contributed by atoms with Crippen molar-refractivity contribution in [2.75, 3.05) is 13.1 Å². The molecular formula is C20H18FN3O2. The zero-order chi connectivity index (χ0) is 18.1. The van der Waals surface area contributed by atoms with Gasteiger partial charge in [-0.25, -0.2) is 9.37 Å². The monoisotopic (exact) mass is 351 g/mol. The lowest BCUT2D eigenvalue weighted by atomic mass is 10.1. The number of hydrogen-bond acceptors (Lipinski definition) is 4. The van der Waals surface area contributed by atoms with Crippen molar-refractivity contribution in [1.29, 1.82) is 0 Å². The first-order chi connectivity index (χ1) is 12.6. The Labute approximate surface area is 150 Å². The van der Waals surface area contributed by atoms with Crippen LogP contribution in [0.1, 0.15) is 16.8 Å². The lowest BCUT2D eigenvalue weighted by Gasteiger charge is -2.17. The van der Waals surface area contributed by atoms with Crippen molar-refractivity contribution in [2.45, 2.75) is 12.5 Å². The van der Waals surface area contributed by atoms with Gasteiger partial charge in [-0.05, 0) is 30.7 Å². The number of nitrogens with zero attached hydrogens (tertiary/aromatic N) is 2. The fourth-order valence-electron chi connectivity index (χ4n) is 3.18. The Morgan fingerprint density at radius 2 is 1.88 bits per heavy atom. The molecule has 2 aromatic carbocycles. The van der Waals surface area contributed by atoms with Gasteiger partial charge in [0.05, 0.1) is 17.3 Å². The molecule has 2 heterocycles. The Balaban J connectivity index is 1.69. The summed E-state index contributed by atoms with van der Waals surface area (Å²) in [5.41, 5.74) is 7.33. The number of amides is 1. The lowest BCUT2D eigenvalue weighted by molar-refractivity contribution is 0.0791.